The Labute approximate surface area is 175 Å². The monoisotopic (exact) mass is 469 g/mol. The largest absolute Gasteiger partial charge is 0.481 e. The summed E-state index contributed by atoms with van der Waals surface area (Å²) in [5, 5.41) is 27.5. The summed E-state index contributed by atoms with van der Waals surface area (Å²) in [6.07, 6.45) is 0. The third kappa shape index (κ3) is 4.85. The van der Waals surface area contributed by atoms with Gasteiger partial charge in [-0.1, -0.05) is 11.8 Å². The zero-order valence-corrected chi connectivity index (χ0v) is 17.5. The summed E-state index contributed by atoms with van der Waals surface area (Å²) in [7, 11) is -7.77. The van der Waals surface area contributed by atoms with Crippen LogP contribution in [-0.4, -0.2) is 48.4 Å². The molecule has 0 saturated heterocycles. The third-order valence-corrected chi connectivity index (χ3v) is 6.59. The Morgan fingerprint density at radius 3 is 1.87 bits per heavy atom. The average molecular weight is 470 g/mol. The molecular formula is C16H15N5O6S3. The lowest BCUT2D eigenvalue weighted by molar-refractivity contribution is -0.133. The van der Waals surface area contributed by atoms with E-state index in [0.717, 1.165) is 11.8 Å². The van der Waals surface area contributed by atoms with Gasteiger partial charge in [0.1, 0.15) is 0 Å². The van der Waals surface area contributed by atoms with Crippen molar-refractivity contribution in [3.8, 4) is 17.1 Å². The minimum atomic E-state index is -3.89. The van der Waals surface area contributed by atoms with Crippen molar-refractivity contribution in [1.29, 1.82) is 0 Å². The van der Waals surface area contributed by atoms with E-state index in [1.807, 2.05) is 0 Å². The fraction of sp³-hybridized carbons (Fsp3) is 0.0625. The molecule has 0 radical (unpaired) electrons. The second-order valence-electron chi connectivity index (χ2n) is 5.93. The molecule has 0 aliphatic rings. The van der Waals surface area contributed by atoms with E-state index < -0.39 is 26.0 Å². The van der Waals surface area contributed by atoms with E-state index in [2.05, 4.69) is 10.2 Å². The minimum Gasteiger partial charge on any atom is -0.481 e. The summed E-state index contributed by atoms with van der Waals surface area (Å²) in [6, 6.07) is 11.1. The quantitative estimate of drug-likeness (QED) is 0.411. The zero-order valence-electron chi connectivity index (χ0n) is 15.0. The molecule has 0 aliphatic heterocycles. The molecule has 14 heteroatoms. The van der Waals surface area contributed by atoms with Gasteiger partial charge in [-0.3, -0.25) is 9.36 Å². The SMILES string of the molecule is NS(=O)(=O)c1ccc(-c2nnc(SCC(=O)O)n2-c2ccc(S(N)(=O)=O)cc2)cc1. The van der Waals surface area contributed by atoms with E-state index in [0.29, 0.717) is 11.3 Å². The maximum atomic E-state index is 11.5. The summed E-state index contributed by atoms with van der Waals surface area (Å²) in [6.45, 7) is 0. The van der Waals surface area contributed by atoms with Crippen molar-refractivity contribution in [2.75, 3.05) is 5.75 Å². The minimum absolute atomic E-state index is 0.0877. The van der Waals surface area contributed by atoms with Gasteiger partial charge in [0, 0.05) is 11.3 Å². The lowest BCUT2D eigenvalue weighted by atomic mass is 10.2. The number of aromatic nitrogens is 3. The number of hydrogen-bond donors (Lipinski definition) is 3. The Balaban J connectivity index is 2.11. The van der Waals surface area contributed by atoms with Crippen molar-refractivity contribution in [2.24, 2.45) is 10.3 Å². The Morgan fingerprint density at radius 2 is 1.40 bits per heavy atom. The molecule has 3 rings (SSSR count). The van der Waals surface area contributed by atoms with E-state index in [9.17, 15) is 21.6 Å². The molecule has 0 aliphatic carbocycles. The molecule has 0 unspecified atom stereocenters. The highest BCUT2D eigenvalue weighted by atomic mass is 32.2. The number of nitrogens with two attached hydrogens (primary N) is 2. The van der Waals surface area contributed by atoms with Crippen LogP contribution in [0.25, 0.3) is 17.1 Å². The number of hydrogen-bond acceptors (Lipinski definition) is 8. The van der Waals surface area contributed by atoms with Gasteiger partial charge >= 0.3 is 5.97 Å². The first-order valence-corrected chi connectivity index (χ1v) is 12.1. The van der Waals surface area contributed by atoms with Crippen LogP contribution in [0.3, 0.4) is 0 Å². The Bertz CT molecular complexity index is 1300. The lowest BCUT2D eigenvalue weighted by Crippen LogP contribution is -2.12. The molecule has 2 aromatic carbocycles. The Kier molecular flexibility index (Phi) is 5.96. The predicted molar refractivity (Wildman–Crippen MR) is 108 cm³/mol. The maximum Gasteiger partial charge on any atom is 0.313 e. The molecule has 0 spiro atoms. The van der Waals surface area contributed by atoms with E-state index in [1.165, 1.54) is 53.1 Å². The fourth-order valence-corrected chi connectivity index (χ4v) is 4.19. The van der Waals surface area contributed by atoms with Gasteiger partial charge in [0.05, 0.1) is 15.5 Å². The maximum absolute atomic E-state index is 11.5. The van der Waals surface area contributed by atoms with Gasteiger partial charge in [-0.15, -0.1) is 10.2 Å². The average Bonchev–Trinajstić information content (AvgIpc) is 3.09. The number of carboxylic acid groups (broad SMARTS) is 1. The fourth-order valence-electron chi connectivity index (χ4n) is 2.49. The molecule has 30 heavy (non-hydrogen) atoms. The standard InChI is InChI=1S/C16H15N5O6S3/c17-29(24,25)12-5-1-10(2-6-12)15-19-20-16(28-9-14(22)23)21(15)11-3-7-13(8-4-11)30(18,26)27/h1-8H,9H2,(H,22,23)(H2,17,24,25)(H2,18,26,27). The summed E-state index contributed by atoms with van der Waals surface area (Å²) in [5.41, 5.74) is 0.929. The van der Waals surface area contributed by atoms with Crippen LogP contribution in [0.2, 0.25) is 0 Å². The molecule has 1 heterocycles. The first kappa shape index (κ1) is 21.9. The van der Waals surface area contributed by atoms with Crippen LogP contribution >= 0.6 is 11.8 Å². The van der Waals surface area contributed by atoms with Crippen LogP contribution in [0.15, 0.2) is 63.5 Å². The molecule has 3 aromatic rings. The van der Waals surface area contributed by atoms with Crippen molar-refractivity contribution < 1.29 is 26.7 Å². The van der Waals surface area contributed by atoms with Gasteiger partial charge in [0.15, 0.2) is 11.0 Å². The highest BCUT2D eigenvalue weighted by molar-refractivity contribution is 7.99. The summed E-state index contributed by atoms with van der Waals surface area (Å²) in [4.78, 5) is 10.8. The summed E-state index contributed by atoms with van der Waals surface area (Å²) < 4.78 is 47.4. The lowest BCUT2D eigenvalue weighted by Gasteiger charge is -2.11. The summed E-state index contributed by atoms with van der Waals surface area (Å²) in [5.74, 6) is -1.05. The van der Waals surface area contributed by atoms with Crippen molar-refractivity contribution >= 4 is 37.8 Å². The topological polar surface area (TPSA) is 188 Å². The van der Waals surface area contributed by atoms with Crippen LogP contribution in [0, 0.1) is 0 Å². The zero-order chi connectivity index (χ0) is 22.1. The molecule has 0 bridgehead atoms. The van der Waals surface area contributed by atoms with Crippen LogP contribution in [0.5, 0.6) is 0 Å². The number of sulfonamides is 2. The normalized spacial score (nSPS) is 12.1. The first-order chi connectivity index (χ1) is 14.0. The number of aliphatic carboxylic acids is 1. The van der Waals surface area contributed by atoms with Crippen molar-refractivity contribution in [3.63, 3.8) is 0 Å². The highest BCUT2D eigenvalue weighted by Crippen LogP contribution is 2.29. The molecule has 1 aromatic heterocycles. The third-order valence-electron chi connectivity index (χ3n) is 3.82. The second-order valence-corrected chi connectivity index (χ2v) is 10.00. The number of rotatable bonds is 7. The van der Waals surface area contributed by atoms with Gasteiger partial charge in [0.25, 0.3) is 0 Å². The van der Waals surface area contributed by atoms with Gasteiger partial charge in [0.2, 0.25) is 20.0 Å². The molecule has 0 fully saturated rings. The first-order valence-electron chi connectivity index (χ1n) is 8.03. The number of benzene rings is 2. The Hall–Kier alpha value is -2.78. The smallest absolute Gasteiger partial charge is 0.313 e. The number of thioether (sulfide) groups is 1. The van der Waals surface area contributed by atoms with Gasteiger partial charge in [-0.2, -0.15) is 0 Å². The van der Waals surface area contributed by atoms with Crippen LogP contribution < -0.4 is 10.3 Å². The van der Waals surface area contributed by atoms with E-state index in [-0.39, 0.29) is 26.5 Å². The van der Waals surface area contributed by atoms with E-state index in [1.54, 1.807) is 0 Å². The molecule has 0 atom stereocenters. The number of primary sulfonamides is 2. The predicted octanol–water partition coefficient (Wildman–Crippen LogP) is 0.406. The van der Waals surface area contributed by atoms with Crippen molar-refractivity contribution in [1.82, 2.24) is 14.8 Å². The number of carboxylic acids is 1. The molecule has 11 nitrogen and oxygen atoms in total. The number of carbonyl (C=O) groups is 1. The van der Waals surface area contributed by atoms with Crippen LogP contribution in [0.4, 0.5) is 0 Å². The van der Waals surface area contributed by atoms with E-state index >= 15 is 0 Å². The molecular weight excluding hydrogens is 454 g/mol. The molecule has 5 N–H and O–H groups in total. The molecule has 158 valence electrons. The number of nitrogens with zero attached hydrogens (tertiary/aromatic N) is 3. The highest BCUT2D eigenvalue weighted by Gasteiger charge is 2.19. The summed E-state index contributed by atoms with van der Waals surface area (Å²) >= 11 is 0.914. The van der Waals surface area contributed by atoms with Gasteiger partial charge < -0.3 is 5.11 Å². The van der Waals surface area contributed by atoms with Crippen LogP contribution in [-0.2, 0) is 24.8 Å². The van der Waals surface area contributed by atoms with Crippen molar-refractivity contribution in [2.45, 2.75) is 14.9 Å². The second kappa shape index (κ2) is 8.16. The Morgan fingerprint density at radius 1 is 0.900 bits per heavy atom. The molecule has 0 saturated carbocycles. The van der Waals surface area contributed by atoms with Crippen molar-refractivity contribution in [3.05, 3.63) is 48.5 Å². The molecule has 0 amide bonds. The van der Waals surface area contributed by atoms with Gasteiger partial charge in [-0.05, 0) is 48.5 Å². The van der Waals surface area contributed by atoms with Crippen LogP contribution in [0.1, 0.15) is 0 Å². The van der Waals surface area contributed by atoms with Gasteiger partial charge in [-0.25, -0.2) is 27.1 Å². The van der Waals surface area contributed by atoms with E-state index in [4.69, 9.17) is 15.4 Å².